The summed E-state index contributed by atoms with van der Waals surface area (Å²) in [6.45, 7) is 0. The first-order chi connectivity index (χ1) is 8.63. The Morgan fingerprint density at radius 1 is 1.17 bits per heavy atom. The highest BCUT2D eigenvalue weighted by atomic mass is 79.9. The lowest BCUT2D eigenvalue weighted by Gasteiger charge is -2.06. The van der Waals surface area contributed by atoms with Crippen molar-refractivity contribution in [2.45, 2.75) is 6.42 Å². The van der Waals surface area contributed by atoms with Crippen LogP contribution in [0.3, 0.4) is 0 Å². The normalized spacial score (nSPS) is 10.1. The molecule has 0 unspecified atom stereocenters. The van der Waals surface area contributed by atoms with Gasteiger partial charge in [0.25, 0.3) is 0 Å². The Labute approximate surface area is 114 Å². The zero-order valence-corrected chi connectivity index (χ0v) is 11.3. The first-order valence-electron chi connectivity index (χ1n) is 5.53. The minimum Gasteiger partial charge on any atom is -0.399 e. The van der Waals surface area contributed by atoms with Gasteiger partial charge in [0.1, 0.15) is 0 Å². The molecule has 3 N–H and O–H groups in total. The molecule has 0 radical (unpaired) electrons. The minimum absolute atomic E-state index is 0.0436. The molecule has 18 heavy (non-hydrogen) atoms. The van der Waals surface area contributed by atoms with Gasteiger partial charge in [-0.25, -0.2) is 0 Å². The average Bonchev–Trinajstić information content (AvgIpc) is 2.32. The van der Waals surface area contributed by atoms with Crippen molar-refractivity contribution in [3.63, 3.8) is 0 Å². The van der Waals surface area contributed by atoms with Gasteiger partial charge in [-0.3, -0.25) is 4.79 Å². The SMILES string of the molecule is Nc1ccc(CC(=O)Nc2cccc(Br)c2)cc1. The molecule has 0 aliphatic rings. The predicted molar refractivity (Wildman–Crippen MR) is 77.3 cm³/mol. The number of anilines is 2. The lowest BCUT2D eigenvalue weighted by Crippen LogP contribution is -2.14. The molecule has 92 valence electrons. The van der Waals surface area contributed by atoms with E-state index in [-0.39, 0.29) is 5.91 Å². The third kappa shape index (κ3) is 3.60. The molecule has 0 aliphatic carbocycles. The van der Waals surface area contributed by atoms with Crippen LogP contribution in [0.1, 0.15) is 5.56 Å². The number of nitrogens with one attached hydrogen (secondary N) is 1. The summed E-state index contributed by atoms with van der Waals surface area (Å²) in [6, 6.07) is 14.8. The Morgan fingerprint density at radius 3 is 2.56 bits per heavy atom. The van der Waals surface area contributed by atoms with Crippen molar-refractivity contribution < 1.29 is 4.79 Å². The summed E-state index contributed by atoms with van der Waals surface area (Å²) in [6.07, 6.45) is 0.340. The molecule has 2 aromatic carbocycles. The number of hydrogen-bond acceptors (Lipinski definition) is 2. The lowest BCUT2D eigenvalue weighted by atomic mass is 10.1. The van der Waals surface area contributed by atoms with Crippen LogP contribution in [-0.4, -0.2) is 5.91 Å². The molecule has 0 atom stereocenters. The number of hydrogen-bond donors (Lipinski definition) is 2. The molecular weight excluding hydrogens is 292 g/mol. The largest absolute Gasteiger partial charge is 0.399 e. The van der Waals surface area contributed by atoms with Crippen LogP contribution in [0.4, 0.5) is 11.4 Å². The molecule has 4 heteroatoms. The smallest absolute Gasteiger partial charge is 0.228 e. The van der Waals surface area contributed by atoms with E-state index < -0.39 is 0 Å². The van der Waals surface area contributed by atoms with Crippen LogP contribution >= 0.6 is 15.9 Å². The van der Waals surface area contributed by atoms with Gasteiger partial charge in [0, 0.05) is 15.8 Å². The maximum atomic E-state index is 11.8. The monoisotopic (exact) mass is 304 g/mol. The fourth-order valence-electron chi connectivity index (χ4n) is 1.59. The first kappa shape index (κ1) is 12.6. The van der Waals surface area contributed by atoms with Crippen LogP contribution in [0, 0.1) is 0 Å². The van der Waals surface area contributed by atoms with Crippen molar-refractivity contribution in [1.82, 2.24) is 0 Å². The van der Waals surface area contributed by atoms with Crippen LogP contribution < -0.4 is 11.1 Å². The highest BCUT2D eigenvalue weighted by Gasteiger charge is 2.04. The highest BCUT2D eigenvalue weighted by Crippen LogP contribution is 2.16. The number of amides is 1. The number of halogens is 1. The summed E-state index contributed by atoms with van der Waals surface area (Å²) in [5.74, 6) is -0.0436. The zero-order valence-electron chi connectivity index (χ0n) is 9.69. The Balaban J connectivity index is 1.98. The van der Waals surface area contributed by atoms with E-state index in [1.807, 2.05) is 36.4 Å². The van der Waals surface area contributed by atoms with E-state index in [2.05, 4.69) is 21.2 Å². The molecule has 0 aliphatic heterocycles. The van der Waals surface area contributed by atoms with Crippen LogP contribution in [0.5, 0.6) is 0 Å². The van der Waals surface area contributed by atoms with Crippen LogP contribution in [-0.2, 0) is 11.2 Å². The number of nitrogens with two attached hydrogens (primary N) is 1. The molecule has 3 nitrogen and oxygen atoms in total. The van der Waals surface area contributed by atoms with Crippen LogP contribution in [0.15, 0.2) is 53.0 Å². The fraction of sp³-hybridized carbons (Fsp3) is 0.0714. The van der Waals surface area contributed by atoms with Crippen molar-refractivity contribution in [1.29, 1.82) is 0 Å². The van der Waals surface area contributed by atoms with Gasteiger partial charge >= 0.3 is 0 Å². The lowest BCUT2D eigenvalue weighted by molar-refractivity contribution is -0.115. The molecule has 2 rings (SSSR count). The Hall–Kier alpha value is -1.81. The molecular formula is C14H13BrN2O. The van der Waals surface area contributed by atoms with Crippen LogP contribution in [0.25, 0.3) is 0 Å². The molecule has 0 fully saturated rings. The third-order valence-corrected chi connectivity index (χ3v) is 2.95. The zero-order chi connectivity index (χ0) is 13.0. The summed E-state index contributed by atoms with van der Waals surface area (Å²) in [5.41, 5.74) is 8.02. The van der Waals surface area contributed by atoms with E-state index in [4.69, 9.17) is 5.73 Å². The van der Waals surface area contributed by atoms with E-state index >= 15 is 0 Å². The number of carbonyl (C=O) groups excluding carboxylic acids is 1. The Bertz CT molecular complexity index is 552. The maximum absolute atomic E-state index is 11.8. The Kier molecular flexibility index (Phi) is 3.99. The van der Waals surface area contributed by atoms with E-state index in [0.29, 0.717) is 12.1 Å². The predicted octanol–water partition coefficient (Wildman–Crippen LogP) is 3.21. The summed E-state index contributed by atoms with van der Waals surface area (Å²) in [5, 5.41) is 2.85. The number of nitrogen functional groups attached to an aromatic ring is 1. The highest BCUT2D eigenvalue weighted by molar-refractivity contribution is 9.10. The number of carbonyl (C=O) groups is 1. The van der Waals surface area contributed by atoms with Crippen molar-refractivity contribution >= 4 is 33.2 Å². The van der Waals surface area contributed by atoms with Gasteiger partial charge in [0.2, 0.25) is 5.91 Å². The van der Waals surface area contributed by atoms with Gasteiger partial charge in [-0.05, 0) is 35.9 Å². The van der Waals surface area contributed by atoms with Crippen LogP contribution in [0.2, 0.25) is 0 Å². The third-order valence-electron chi connectivity index (χ3n) is 2.45. The van der Waals surface area contributed by atoms with Gasteiger partial charge in [0.15, 0.2) is 0 Å². The van der Waals surface area contributed by atoms with E-state index in [0.717, 1.165) is 15.7 Å². The molecule has 2 aromatic rings. The average molecular weight is 305 g/mol. The molecule has 0 bridgehead atoms. The Morgan fingerprint density at radius 2 is 1.89 bits per heavy atom. The van der Waals surface area contributed by atoms with Crippen molar-refractivity contribution in [3.8, 4) is 0 Å². The van der Waals surface area contributed by atoms with E-state index in [1.54, 1.807) is 12.1 Å². The van der Waals surface area contributed by atoms with Gasteiger partial charge in [-0.15, -0.1) is 0 Å². The summed E-state index contributed by atoms with van der Waals surface area (Å²) >= 11 is 3.36. The van der Waals surface area contributed by atoms with Gasteiger partial charge in [-0.1, -0.05) is 34.1 Å². The second-order valence-electron chi connectivity index (χ2n) is 3.98. The number of rotatable bonds is 3. The molecule has 0 aromatic heterocycles. The summed E-state index contributed by atoms with van der Waals surface area (Å²) in [4.78, 5) is 11.8. The first-order valence-corrected chi connectivity index (χ1v) is 6.32. The second-order valence-corrected chi connectivity index (χ2v) is 4.89. The van der Waals surface area contributed by atoms with E-state index in [9.17, 15) is 4.79 Å². The molecule has 0 saturated carbocycles. The summed E-state index contributed by atoms with van der Waals surface area (Å²) < 4.78 is 0.938. The molecule has 0 spiro atoms. The van der Waals surface area contributed by atoms with E-state index in [1.165, 1.54) is 0 Å². The summed E-state index contributed by atoms with van der Waals surface area (Å²) in [7, 11) is 0. The topological polar surface area (TPSA) is 55.1 Å². The quantitative estimate of drug-likeness (QED) is 0.856. The minimum atomic E-state index is -0.0436. The van der Waals surface area contributed by atoms with Gasteiger partial charge in [0.05, 0.1) is 6.42 Å². The number of benzene rings is 2. The molecule has 0 heterocycles. The fourth-order valence-corrected chi connectivity index (χ4v) is 1.99. The standard InChI is InChI=1S/C14H13BrN2O/c15-11-2-1-3-13(9-11)17-14(18)8-10-4-6-12(16)7-5-10/h1-7,9H,8,16H2,(H,17,18). The van der Waals surface area contributed by atoms with Gasteiger partial charge < -0.3 is 11.1 Å². The van der Waals surface area contributed by atoms with Crippen molar-refractivity contribution in [2.24, 2.45) is 0 Å². The molecule has 0 saturated heterocycles. The van der Waals surface area contributed by atoms with Crippen molar-refractivity contribution in [3.05, 3.63) is 58.6 Å². The van der Waals surface area contributed by atoms with Crippen molar-refractivity contribution in [2.75, 3.05) is 11.1 Å². The maximum Gasteiger partial charge on any atom is 0.228 e. The second kappa shape index (κ2) is 5.69. The molecule has 1 amide bonds. The van der Waals surface area contributed by atoms with Gasteiger partial charge in [-0.2, -0.15) is 0 Å².